The maximum absolute atomic E-state index is 12.4. The van der Waals surface area contributed by atoms with E-state index in [9.17, 15) is 9.59 Å². The average molecular weight is 343 g/mol. The summed E-state index contributed by atoms with van der Waals surface area (Å²) in [5.74, 6) is -1.02. The molecule has 25 heavy (non-hydrogen) atoms. The normalized spacial score (nSPS) is 20.6. The van der Waals surface area contributed by atoms with Crippen molar-refractivity contribution in [1.29, 1.82) is 0 Å². The van der Waals surface area contributed by atoms with Crippen LogP contribution in [-0.2, 0) is 16.0 Å². The van der Waals surface area contributed by atoms with Crippen molar-refractivity contribution in [3.8, 4) is 0 Å². The van der Waals surface area contributed by atoms with E-state index < -0.39 is 5.97 Å². The van der Waals surface area contributed by atoms with Gasteiger partial charge in [0.1, 0.15) is 5.58 Å². The molecule has 1 aliphatic carbocycles. The molecule has 0 saturated heterocycles. The summed E-state index contributed by atoms with van der Waals surface area (Å²) in [5, 5.41) is 13.1. The summed E-state index contributed by atoms with van der Waals surface area (Å²) >= 11 is 0. The minimum absolute atomic E-state index is 0.0286. The zero-order valence-corrected chi connectivity index (χ0v) is 15.0. The smallest absolute Gasteiger partial charge is 0.306 e. The van der Waals surface area contributed by atoms with Gasteiger partial charge in [0.2, 0.25) is 5.91 Å². The van der Waals surface area contributed by atoms with E-state index in [-0.39, 0.29) is 24.3 Å². The van der Waals surface area contributed by atoms with Crippen LogP contribution in [0.15, 0.2) is 16.7 Å². The highest BCUT2D eigenvalue weighted by atomic mass is 16.4. The third-order valence-corrected chi connectivity index (χ3v) is 5.42. The van der Waals surface area contributed by atoms with E-state index in [2.05, 4.69) is 18.3 Å². The molecule has 1 amide bonds. The molecule has 1 fully saturated rings. The first kappa shape index (κ1) is 17.5. The van der Waals surface area contributed by atoms with Crippen molar-refractivity contribution < 1.29 is 19.1 Å². The molecule has 1 aliphatic rings. The van der Waals surface area contributed by atoms with Crippen LogP contribution in [0.25, 0.3) is 11.0 Å². The van der Waals surface area contributed by atoms with Gasteiger partial charge in [-0.3, -0.25) is 9.59 Å². The minimum atomic E-state index is -0.726. The van der Waals surface area contributed by atoms with Gasteiger partial charge in [-0.1, -0.05) is 6.07 Å². The molecule has 0 atom stereocenters. The summed E-state index contributed by atoms with van der Waals surface area (Å²) in [5.41, 5.74) is 5.19. The van der Waals surface area contributed by atoms with E-state index in [1.807, 2.05) is 13.8 Å². The Kier molecular flexibility index (Phi) is 4.84. The summed E-state index contributed by atoms with van der Waals surface area (Å²) in [7, 11) is 0. The predicted molar refractivity (Wildman–Crippen MR) is 95.7 cm³/mol. The molecule has 1 aromatic heterocycles. The van der Waals surface area contributed by atoms with Gasteiger partial charge in [-0.2, -0.15) is 0 Å². The maximum Gasteiger partial charge on any atom is 0.306 e. The molecule has 0 radical (unpaired) electrons. The van der Waals surface area contributed by atoms with Gasteiger partial charge in [0.05, 0.1) is 18.6 Å². The lowest BCUT2D eigenvalue weighted by Gasteiger charge is -2.26. The number of carbonyl (C=O) groups is 2. The molecule has 5 nitrogen and oxygen atoms in total. The summed E-state index contributed by atoms with van der Waals surface area (Å²) in [6, 6.07) is 2.20. The standard InChI is InChI=1S/C20H25NO4/c1-11-8-12(2)18-15(10-25-19(18)13(11)3)9-17(22)21-16-6-4-14(5-7-16)20(23)24/h8,10,14,16H,4-7,9H2,1-3H3,(H,21,22)(H,23,24). The molecular weight excluding hydrogens is 318 g/mol. The Labute approximate surface area is 147 Å². The highest BCUT2D eigenvalue weighted by Crippen LogP contribution is 2.30. The number of fused-ring (bicyclic) bond motifs is 1. The van der Waals surface area contributed by atoms with E-state index in [4.69, 9.17) is 9.52 Å². The van der Waals surface area contributed by atoms with Crippen molar-refractivity contribution in [3.05, 3.63) is 34.6 Å². The lowest BCUT2D eigenvalue weighted by molar-refractivity contribution is -0.142. The van der Waals surface area contributed by atoms with Crippen molar-refractivity contribution in [2.45, 2.75) is 58.9 Å². The van der Waals surface area contributed by atoms with Crippen molar-refractivity contribution in [2.75, 3.05) is 0 Å². The predicted octanol–water partition coefficient (Wildman–Crippen LogP) is 3.66. The molecule has 1 heterocycles. The number of carbonyl (C=O) groups excluding carboxylic acids is 1. The summed E-state index contributed by atoms with van der Waals surface area (Å²) in [6.07, 6.45) is 4.69. The number of amides is 1. The fourth-order valence-corrected chi connectivity index (χ4v) is 3.85. The molecule has 2 N–H and O–H groups in total. The second-order valence-electron chi connectivity index (χ2n) is 7.23. The number of nitrogens with one attached hydrogen (secondary N) is 1. The highest BCUT2D eigenvalue weighted by molar-refractivity contribution is 5.92. The first-order valence-electron chi connectivity index (χ1n) is 8.86. The molecule has 1 aromatic carbocycles. The van der Waals surface area contributed by atoms with Crippen LogP contribution >= 0.6 is 0 Å². The summed E-state index contributed by atoms with van der Waals surface area (Å²) < 4.78 is 5.73. The lowest BCUT2D eigenvalue weighted by atomic mass is 9.86. The van der Waals surface area contributed by atoms with Gasteiger partial charge in [0, 0.05) is 17.0 Å². The van der Waals surface area contributed by atoms with Gasteiger partial charge in [0.15, 0.2) is 0 Å². The Bertz CT molecular complexity index is 813. The fraction of sp³-hybridized carbons (Fsp3) is 0.500. The number of carboxylic acids is 1. The molecule has 1 saturated carbocycles. The maximum atomic E-state index is 12.4. The molecule has 0 unspecified atom stereocenters. The Balaban J connectivity index is 1.67. The third kappa shape index (κ3) is 3.55. The topological polar surface area (TPSA) is 79.5 Å². The molecule has 5 heteroatoms. The van der Waals surface area contributed by atoms with Gasteiger partial charge in [-0.25, -0.2) is 0 Å². The van der Waals surface area contributed by atoms with Gasteiger partial charge in [-0.15, -0.1) is 0 Å². The van der Waals surface area contributed by atoms with E-state index in [1.54, 1.807) is 6.26 Å². The Morgan fingerprint density at radius 3 is 2.48 bits per heavy atom. The monoisotopic (exact) mass is 343 g/mol. The van der Waals surface area contributed by atoms with E-state index in [1.165, 1.54) is 5.56 Å². The van der Waals surface area contributed by atoms with Crippen LogP contribution in [0.4, 0.5) is 0 Å². The minimum Gasteiger partial charge on any atom is -0.481 e. The first-order chi connectivity index (χ1) is 11.9. The van der Waals surface area contributed by atoms with Gasteiger partial charge < -0.3 is 14.8 Å². The zero-order chi connectivity index (χ0) is 18.1. The summed E-state index contributed by atoms with van der Waals surface area (Å²) in [6.45, 7) is 6.13. The Morgan fingerprint density at radius 1 is 1.16 bits per heavy atom. The van der Waals surface area contributed by atoms with Crippen LogP contribution in [0.2, 0.25) is 0 Å². The number of hydrogen-bond acceptors (Lipinski definition) is 3. The molecule has 0 aliphatic heterocycles. The van der Waals surface area contributed by atoms with E-state index in [0.29, 0.717) is 12.8 Å². The molecule has 3 rings (SSSR count). The molecule has 0 bridgehead atoms. The number of aliphatic carboxylic acids is 1. The fourth-order valence-electron chi connectivity index (χ4n) is 3.85. The lowest BCUT2D eigenvalue weighted by Crippen LogP contribution is -2.39. The van der Waals surface area contributed by atoms with Crippen molar-refractivity contribution in [2.24, 2.45) is 5.92 Å². The molecule has 0 spiro atoms. The third-order valence-electron chi connectivity index (χ3n) is 5.42. The highest BCUT2D eigenvalue weighted by Gasteiger charge is 2.27. The SMILES string of the molecule is Cc1cc(C)c2c(CC(=O)NC3CCC(C(=O)O)CC3)coc2c1C. The van der Waals surface area contributed by atoms with Crippen LogP contribution in [0.1, 0.15) is 47.9 Å². The van der Waals surface area contributed by atoms with E-state index in [0.717, 1.165) is 40.5 Å². The molecular formula is C20H25NO4. The van der Waals surface area contributed by atoms with Crippen LogP contribution in [-0.4, -0.2) is 23.0 Å². The quantitative estimate of drug-likeness (QED) is 0.888. The van der Waals surface area contributed by atoms with Crippen LogP contribution in [0.5, 0.6) is 0 Å². The van der Waals surface area contributed by atoms with E-state index >= 15 is 0 Å². The number of aryl methyl sites for hydroxylation is 3. The van der Waals surface area contributed by atoms with Gasteiger partial charge in [0.25, 0.3) is 0 Å². The van der Waals surface area contributed by atoms with Crippen molar-refractivity contribution in [3.63, 3.8) is 0 Å². The number of furan rings is 1. The number of rotatable bonds is 4. The number of hydrogen-bond donors (Lipinski definition) is 2. The number of benzene rings is 1. The molecule has 134 valence electrons. The Hall–Kier alpha value is -2.30. The largest absolute Gasteiger partial charge is 0.481 e. The van der Waals surface area contributed by atoms with Crippen molar-refractivity contribution >= 4 is 22.8 Å². The Morgan fingerprint density at radius 2 is 1.84 bits per heavy atom. The van der Waals surface area contributed by atoms with Crippen LogP contribution in [0, 0.1) is 26.7 Å². The second kappa shape index (κ2) is 6.90. The average Bonchev–Trinajstić information content (AvgIpc) is 2.97. The molecule has 2 aromatic rings. The van der Waals surface area contributed by atoms with Gasteiger partial charge >= 0.3 is 5.97 Å². The van der Waals surface area contributed by atoms with Gasteiger partial charge in [-0.05, 0) is 63.1 Å². The number of carboxylic acid groups (broad SMARTS) is 1. The van der Waals surface area contributed by atoms with Crippen molar-refractivity contribution in [1.82, 2.24) is 5.32 Å². The first-order valence-corrected chi connectivity index (χ1v) is 8.86. The van der Waals surface area contributed by atoms with Crippen LogP contribution in [0.3, 0.4) is 0 Å². The zero-order valence-electron chi connectivity index (χ0n) is 15.0. The summed E-state index contributed by atoms with van der Waals surface area (Å²) in [4.78, 5) is 23.4. The van der Waals surface area contributed by atoms with Crippen LogP contribution < -0.4 is 5.32 Å². The second-order valence-corrected chi connectivity index (χ2v) is 7.23.